The van der Waals surface area contributed by atoms with E-state index in [-0.39, 0.29) is 17.9 Å². The number of imide groups is 1. The molecule has 1 atom stereocenters. The molecule has 0 bridgehead atoms. The number of carbonyl (C=O) groups excluding carboxylic acids is 2. The highest BCUT2D eigenvalue weighted by atomic mass is 16.5. The summed E-state index contributed by atoms with van der Waals surface area (Å²) < 4.78 is 5.93. The second-order valence-electron chi connectivity index (χ2n) is 6.59. The predicted octanol–water partition coefficient (Wildman–Crippen LogP) is 3.00. The van der Waals surface area contributed by atoms with Crippen molar-refractivity contribution in [3.05, 3.63) is 71.3 Å². The van der Waals surface area contributed by atoms with Crippen LogP contribution >= 0.6 is 0 Å². The molecular weight excluding hydrogens is 328 g/mol. The standard InChI is InChI=1S/C21H20N2O3/c1-23-20(24)19(12-22-21(23)25)17-10-8-15-7-9-16(11-18(15)17)26-13-14-5-3-2-4-6-14/h2-7,9-11,19H,8,12-13H2,1H3,(H,22,25)/t19-/m1/s1. The molecule has 0 saturated carbocycles. The Morgan fingerprint density at radius 2 is 1.96 bits per heavy atom. The quantitative estimate of drug-likeness (QED) is 0.924. The number of allylic oxidation sites excluding steroid dienone is 1. The zero-order valence-corrected chi connectivity index (χ0v) is 14.6. The van der Waals surface area contributed by atoms with E-state index in [4.69, 9.17) is 4.74 Å². The van der Waals surface area contributed by atoms with Crippen LogP contribution in [0.2, 0.25) is 0 Å². The van der Waals surface area contributed by atoms with E-state index in [1.54, 1.807) is 0 Å². The molecule has 1 fully saturated rings. The van der Waals surface area contributed by atoms with Crippen LogP contribution in [0.15, 0.2) is 54.6 Å². The summed E-state index contributed by atoms with van der Waals surface area (Å²) in [6, 6.07) is 15.7. The van der Waals surface area contributed by atoms with Gasteiger partial charge in [0.2, 0.25) is 5.91 Å². The maximum atomic E-state index is 12.5. The van der Waals surface area contributed by atoms with Crippen molar-refractivity contribution in [1.82, 2.24) is 10.2 Å². The van der Waals surface area contributed by atoms with Crippen molar-refractivity contribution in [2.45, 2.75) is 13.0 Å². The van der Waals surface area contributed by atoms with Crippen molar-refractivity contribution in [2.75, 3.05) is 13.6 Å². The monoisotopic (exact) mass is 348 g/mol. The lowest BCUT2D eigenvalue weighted by molar-refractivity contribution is -0.130. The summed E-state index contributed by atoms with van der Waals surface area (Å²) in [5, 5.41) is 2.78. The fourth-order valence-corrected chi connectivity index (χ4v) is 3.46. The largest absolute Gasteiger partial charge is 0.489 e. The van der Waals surface area contributed by atoms with E-state index < -0.39 is 0 Å². The van der Waals surface area contributed by atoms with E-state index in [1.165, 1.54) is 12.6 Å². The molecule has 2 aromatic rings. The SMILES string of the molecule is CN1C(=O)NC[C@H](C2=CCc3ccc(OCc4ccccc4)cc32)C1=O. The molecular formula is C21H20N2O3. The van der Waals surface area contributed by atoms with E-state index in [1.807, 2.05) is 42.5 Å². The van der Waals surface area contributed by atoms with Gasteiger partial charge < -0.3 is 10.1 Å². The number of urea groups is 1. The third-order valence-electron chi connectivity index (χ3n) is 4.95. The number of nitrogens with zero attached hydrogens (tertiary/aromatic N) is 1. The molecule has 5 nitrogen and oxygen atoms in total. The number of ether oxygens (including phenoxy) is 1. The van der Waals surface area contributed by atoms with E-state index in [0.29, 0.717) is 13.2 Å². The molecule has 2 aromatic carbocycles. The van der Waals surface area contributed by atoms with Gasteiger partial charge in [0, 0.05) is 13.6 Å². The van der Waals surface area contributed by atoms with Gasteiger partial charge in [0.05, 0.1) is 5.92 Å². The lowest BCUT2D eigenvalue weighted by Gasteiger charge is -2.29. The Hall–Kier alpha value is -3.08. The second kappa shape index (κ2) is 6.67. The Kier molecular flexibility index (Phi) is 4.21. The minimum absolute atomic E-state index is 0.163. The van der Waals surface area contributed by atoms with Gasteiger partial charge in [-0.3, -0.25) is 9.69 Å². The van der Waals surface area contributed by atoms with Crippen LogP contribution in [0.4, 0.5) is 4.79 Å². The fraction of sp³-hybridized carbons (Fsp3) is 0.238. The zero-order valence-electron chi connectivity index (χ0n) is 14.6. The Bertz CT molecular complexity index is 889. The lowest BCUT2D eigenvalue weighted by atomic mass is 9.91. The number of nitrogens with one attached hydrogen (secondary N) is 1. The third kappa shape index (κ3) is 2.96. The van der Waals surface area contributed by atoms with Crippen LogP contribution in [-0.2, 0) is 17.8 Å². The first-order valence-corrected chi connectivity index (χ1v) is 8.69. The van der Waals surface area contributed by atoms with E-state index in [2.05, 4.69) is 17.5 Å². The van der Waals surface area contributed by atoms with Crippen LogP contribution in [0.3, 0.4) is 0 Å². The minimum atomic E-state index is -0.344. The highest BCUT2D eigenvalue weighted by molar-refractivity contribution is 6.04. The van der Waals surface area contributed by atoms with Crippen molar-refractivity contribution < 1.29 is 14.3 Å². The van der Waals surface area contributed by atoms with Crippen LogP contribution in [0.25, 0.3) is 5.57 Å². The fourth-order valence-electron chi connectivity index (χ4n) is 3.46. The topological polar surface area (TPSA) is 58.6 Å². The van der Waals surface area contributed by atoms with Crippen molar-refractivity contribution >= 4 is 17.5 Å². The highest BCUT2D eigenvalue weighted by Crippen LogP contribution is 2.36. The summed E-state index contributed by atoms with van der Waals surface area (Å²) in [4.78, 5) is 25.3. The van der Waals surface area contributed by atoms with Crippen molar-refractivity contribution in [2.24, 2.45) is 5.92 Å². The van der Waals surface area contributed by atoms with Crippen molar-refractivity contribution in [3.63, 3.8) is 0 Å². The van der Waals surface area contributed by atoms with Gasteiger partial charge in [-0.05, 0) is 40.8 Å². The maximum absolute atomic E-state index is 12.5. The summed E-state index contributed by atoms with van der Waals surface area (Å²) in [6.45, 7) is 0.836. The average Bonchev–Trinajstić information content (AvgIpc) is 3.08. The van der Waals surface area contributed by atoms with Crippen LogP contribution in [-0.4, -0.2) is 30.4 Å². The van der Waals surface area contributed by atoms with Crippen molar-refractivity contribution in [3.8, 4) is 5.75 Å². The predicted molar refractivity (Wildman–Crippen MR) is 98.6 cm³/mol. The second-order valence-corrected chi connectivity index (χ2v) is 6.59. The number of hydrogen-bond acceptors (Lipinski definition) is 3. The molecule has 1 aliphatic carbocycles. The van der Waals surface area contributed by atoms with Gasteiger partial charge in [0.25, 0.3) is 0 Å². The van der Waals surface area contributed by atoms with Gasteiger partial charge in [-0.2, -0.15) is 0 Å². The molecule has 132 valence electrons. The van der Waals surface area contributed by atoms with Crippen molar-refractivity contribution in [1.29, 1.82) is 0 Å². The molecule has 1 aliphatic heterocycles. The number of hydrogen-bond donors (Lipinski definition) is 1. The number of rotatable bonds is 4. The molecule has 2 aliphatic rings. The van der Waals surface area contributed by atoms with Crippen LogP contribution in [0.5, 0.6) is 5.75 Å². The summed E-state index contributed by atoms with van der Waals surface area (Å²) in [5.41, 5.74) is 4.30. The first kappa shape index (κ1) is 16.4. The number of amides is 3. The maximum Gasteiger partial charge on any atom is 0.323 e. The molecule has 0 spiro atoms. The molecule has 1 N–H and O–H groups in total. The van der Waals surface area contributed by atoms with E-state index in [9.17, 15) is 9.59 Å². The summed E-state index contributed by atoms with van der Waals surface area (Å²) in [6.07, 6.45) is 2.88. The zero-order chi connectivity index (χ0) is 18.1. The molecule has 0 aromatic heterocycles. The summed E-state index contributed by atoms with van der Waals surface area (Å²) in [7, 11) is 1.51. The molecule has 3 amide bonds. The molecule has 0 radical (unpaired) electrons. The summed E-state index contributed by atoms with van der Waals surface area (Å²) >= 11 is 0. The van der Waals surface area contributed by atoms with Gasteiger partial charge in [-0.15, -0.1) is 0 Å². The number of carbonyl (C=O) groups is 2. The Balaban J connectivity index is 1.54. The Morgan fingerprint density at radius 1 is 1.15 bits per heavy atom. The molecule has 1 heterocycles. The normalized spacial score (nSPS) is 19.0. The van der Waals surface area contributed by atoms with Gasteiger partial charge in [-0.25, -0.2) is 4.79 Å². The molecule has 4 rings (SSSR count). The molecule has 0 unspecified atom stereocenters. The molecule has 26 heavy (non-hydrogen) atoms. The van der Waals surface area contributed by atoms with Gasteiger partial charge in [0.1, 0.15) is 12.4 Å². The first-order valence-electron chi connectivity index (χ1n) is 8.69. The average molecular weight is 348 g/mol. The lowest BCUT2D eigenvalue weighted by Crippen LogP contribution is -2.53. The Labute approximate surface area is 152 Å². The third-order valence-corrected chi connectivity index (χ3v) is 4.95. The number of fused-ring (bicyclic) bond motifs is 1. The van der Waals surface area contributed by atoms with Crippen LogP contribution < -0.4 is 10.1 Å². The van der Waals surface area contributed by atoms with E-state index >= 15 is 0 Å². The van der Waals surface area contributed by atoms with Crippen LogP contribution in [0.1, 0.15) is 16.7 Å². The Morgan fingerprint density at radius 3 is 2.77 bits per heavy atom. The van der Waals surface area contributed by atoms with E-state index in [0.717, 1.165) is 33.8 Å². The number of benzene rings is 2. The first-order chi connectivity index (χ1) is 12.6. The van der Waals surface area contributed by atoms with Gasteiger partial charge in [0.15, 0.2) is 0 Å². The van der Waals surface area contributed by atoms with Gasteiger partial charge in [-0.1, -0.05) is 42.5 Å². The molecule has 1 saturated heterocycles. The highest BCUT2D eigenvalue weighted by Gasteiger charge is 2.36. The van der Waals surface area contributed by atoms with Gasteiger partial charge >= 0.3 is 6.03 Å². The minimum Gasteiger partial charge on any atom is -0.489 e. The smallest absolute Gasteiger partial charge is 0.323 e. The summed E-state index contributed by atoms with van der Waals surface area (Å²) in [5.74, 6) is 0.271. The molecule has 5 heteroatoms. The van der Waals surface area contributed by atoms with Crippen LogP contribution in [0, 0.1) is 5.92 Å².